The summed E-state index contributed by atoms with van der Waals surface area (Å²) in [5.74, 6) is -0.806. The van der Waals surface area contributed by atoms with Crippen molar-refractivity contribution in [3.63, 3.8) is 0 Å². The number of nitrogens with zero attached hydrogens (tertiary/aromatic N) is 2. The van der Waals surface area contributed by atoms with E-state index in [0.717, 1.165) is 0 Å². The number of anilines is 1. The number of aliphatic carboxylic acids is 1. The molecule has 1 aromatic rings. The minimum absolute atomic E-state index is 0.0232. The van der Waals surface area contributed by atoms with Crippen LogP contribution in [-0.4, -0.2) is 35.1 Å². The lowest BCUT2D eigenvalue weighted by atomic mass is 10.2. The highest BCUT2D eigenvalue weighted by atomic mass is 16.4. The van der Waals surface area contributed by atoms with Crippen molar-refractivity contribution in [1.29, 1.82) is 0 Å². The Morgan fingerprint density at radius 1 is 1.44 bits per heavy atom. The smallest absolute Gasteiger partial charge is 0.305 e. The van der Waals surface area contributed by atoms with E-state index in [1.807, 2.05) is 6.92 Å². The predicted octanol–water partition coefficient (Wildman–Crippen LogP) is 0.790. The van der Waals surface area contributed by atoms with E-state index in [9.17, 15) is 9.59 Å². The molecule has 0 aromatic carbocycles. The Labute approximate surface area is 105 Å². The second-order valence-corrected chi connectivity index (χ2v) is 3.94. The maximum atomic E-state index is 11.2. The molecule has 0 atom stereocenters. The third-order valence-corrected chi connectivity index (χ3v) is 2.53. The fraction of sp³-hybridized carbons (Fsp3) is 0.417. The molecular formula is C12H17N3O3. The van der Waals surface area contributed by atoms with Gasteiger partial charge in [-0.3, -0.25) is 9.59 Å². The zero-order chi connectivity index (χ0) is 13.7. The third-order valence-electron chi connectivity index (χ3n) is 2.53. The molecule has 0 aliphatic rings. The van der Waals surface area contributed by atoms with Crippen LogP contribution < -0.4 is 10.6 Å². The van der Waals surface area contributed by atoms with Gasteiger partial charge in [-0.05, 0) is 26.0 Å². The average Bonchev–Trinajstić information content (AvgIpc) is 2.28. The van der Waals surface area contributed by atoms with Crippen molar-refractivity contribution in [3.8, 4) is 0 Å². The van der Waals surface area contributed by atoms with Gasteiger partial charge in [0.25, 0.3) is 0 Å². The Balaban J connectivity index is 2.97. The van der Waals surface area contributed by atoms with Gasteiger partial charge in [0.2, 0.25) is 5.91 Å². The fourth-order valence-electron chi connectivity index (χ4n) is 1.62. The molecule has 0 unspecified atom stereocenters. The van der Waals surface area contributed by atoms with Crippen molar-refractivity contribution < 1.29 is 14.7 Å². The van der Waals surface area contributed by atoms with Crippen molar-refractivity contribution in [3.05, 3.63) is 23.4 Å². The summed E-state index contributed by atoms with van der Waals surface area (Å²) in [6, 6.07) is 3.19. The zero-order valence-electron chi connectivity index (χ0n) is 10.5. The van der Waals surface area contributed by atoms with Crippen molar-refractivity contribution in [2.45, 2.75) is 20.3 Å². The van der Waals surface area contributed by atoms with Crippen LogP contribution >= 0.6 is 0 Å². The van der Waals surface area contributed by atoms with Crippen LogP contribution in [0.4, 0.5) is 5.82 Å². The summed E-state index contributed by atoms with van der Waals surface area (Å²) in [6.07, 6.45) is 0.0232. The van der Waals surface area contributed by atoms with Gasteiger partial charge >= 0.3 is 5.97 Å². The van der Waals surface area contributed by atoms with Crippen LogP contribution in [-0.2, 0) is 4.79 Å². The van der Waals surface area contributed by atoms with Crippen LogP contribution in [0.25, 0.3) is 0 Å². The highest BCUT2D eigenvalue weighted by Crippen LogP contribution is 2.15. The Morgan fingerprint density at radius 2 is 2.11 bits per heavy atom. The van der Waals surface area contributed by atoms with Crippen molar-refractivity contribution in [1.82, 2.24) is 4.98 Å². The fourth-order valence-corrected chi connectivity index (χ4v) is 1.62. The van der Waals surface area contributed by atoms with Gasteiger partial charge in [-0.15, -0.1) is 0 Å². The number of aromatic nitrogens is 1. The van der Waals surface area contributed by atoms with Crippen molar-refractivity contribution >= 4 is 17.7 Å². The SMILES string of the molecule is CCN(CCC(=O)O)c1cc(C(N)=O)cc(C)n1. The molecule has 98 valence electrons. The lowest BCUT2D eigenvalue weighted by molar-refractivity contribution is -0.136. The number of hydrogen-bond donors (Lipinski definition) is 2. The van der Waals surface area contributed by atoms with Crippen LogP contribution in [0, 0.1) is 6.92 Å². The lowest BCUT2D eigenvalue weighted by Gasteiger charge is -2.21. The molecule has 1 heterocycles. The molecule has 0 saturated heterocycles. The van der Waals surface area contributed by atoms with Crippen LogP contribution in [0.15, 0.2) is 12.1 Å². The predicted molar refractivity (Wildman–Crippen MR) is 67.6 cm³/mol. The second-order valence-electron chi connectivity index (χ2n) is 3.94. The number of pyridine rings is 1. The Morgan fingerprint density at radius 3 is 2.61 bits per heavy atom. The van der Waals surface area contributed by atoms with E-state index in [0.29, 0.717) is 30.2 Å². The monoisotopic (exact) mass is 251 g/mol. The van der Waals surface area contributed by atoms with Gasteiger partial charge in [-0.1, -0.05) is 0 Å². The largest absolute Gasteiger partial charge is 0.481 e. The highest BCUT2D eigenvalue weighted by molar-refractivity contribution is 5.93. The van der Waals surface area contributed by atoms with E-state index in [-0.39, 0.29) is 6.42 Å². The third kappa shape index (κ3) is 3.73. The van der Waals surface area contributed by atoms with Crippen LogP contribution in [0.5, 0.6) is 0 Å². The summed E-state index contributed by atoms with van der Waals surface area (Å²) in [6.45, 7) is 4.62. The molecule has 0 aliphatic carbocycles. The molecule has 1 amide bonds. The molecule has 0 bridgehead atoms. The van der Waals surface area contributed by atoms with Gasteiger partial charge < -0.3 is 15.7 Å². The number of aryl methyl sites for hydroxylation is 1. The van der Waals surface area contributed by atoms with E-state index < -0.39 is 11.9 Å². The molecule has 6 nitrogen and oxygen atoms in total. The van der Waals surface area contributed by atoms with Crippen LogP contribution in [0.2, 0.25) is 0 Å². The zero-order valence-corrected chi connectivity index (χ0v) is 10.5. The first-order valence-electron chi connectivity index (χ1n) is 5.69. The van der Waals surface area contributed by atoms with Gasteiger partial charge in [-0.25, -0.2) is 4.98 Å². The number of carboxylic acids is 1. The first kappa shape index (κ1) is 14.0. The molecule has 0 fully saturated rings. The second kappa shape index (κ2) is 6.00. The Kier molecular flexibility index (Phi) is 4.65. The standard InChI is InChI=1S/C12H17N3O3/c1-3-15(5-4-11(16)17)10-7-9(12(13)18)6-8(2)14-10/h6-7H,3-5H2,1-2H3,(H2,13,18)(H,16,17). The molecule has 0 radical (unpaired) electrons. The molecule has 0 spiro atoms. The number of carbonyl (C=O) groups is 2. The number of carboxylic acid groups (broad SMARTS) is 1. The highest BCUT2D eigenvalue weighted by Gasteiger charge is 2.11. The van der Waals surface area contributed by atoms with E-state index in [1.54, 1.807) is 24.0 Å². The van der Waals surface area contributed by atoms with Gasteiger partial charge in [0.15, 0.2) is 0 Å². The molecule has 18 heavy (non-hydrogen) atoms. The Hall–Kier alpha value is -2.11. The van der Waals surface area contributed by atoms with Crippen LogP contribution in [0.3, 0.4) is 0 Å². The lowest BCUT2D eigenvalue weighted by Crippen LogP contribution is -2.27. The molecule has 0 aliphatic heterocycles. The van der Waals surface area contributed by atoms with Gasteiger partial charge in [0.05, 0.1) is 6.42 Å². The minimum Gasteiger partial charge on any atom is -0.481 e. The summed E-state index contributed by atoms with van der Waals surface area (Å²) >= 11 is 0. The van der Waals surface area contributed by atoms with Crippen molar-refractivity contribution in [2.75, 3.05) is 18.0 Å². The first-order chi connectivity index (χ1) is 8.43. The first-order valence-corrected chi connectivity index (χ1v) is 5.69. The molecular weight excluding hydrogens is 234 g/mol. The molecule has 1 aromatic heterocycles. The minimum atomic E-state index is -0.865. The van der Waals surface area contributed by atoms with E-state index in [2.05, 4.69) is 4.98 Å². The number of rotatable bonds is 6. The number of nitrogens with two attached hydrogens (primary N) is 1. The number of amides is 1. The molecule has 3 N–H and O–H groups in total. The maximum absolute atomic E-state index is 11.2. The van der Waals surface area contributed by atoms with Gasteiger partial charge in [0.1, 0.15) is 5.82 Å². The van der Waals surface area contributed by atoms with Crippen LogP contribution in [0.1, 0.15) is 29.4 Å². The number of hydrogen-bond acceptors (Lipinski definition) is 4. The van der Waals surface area contributed by atoms with Gasteiger partial charge in [0, 0.05) is 24.3 Å². The summed E-state index contributed by atoms with van der Waals surface area (Å²) in [5, 5.41) is 8.68. The Bertz CT molecular complexity index is 460. The van der Waals surface area contributed by atoms with Crippen molar-refractivity contribution in [2.24, 2.45) is 5.73 Å². The normalized spacial score (nSPS) is 10.1. The summed E-state index contributed by atoms with van der Waals surface area (Å²) in [7, 11) is 0. The molecule has 6 heteroatoms. The maximum Gasteiger partial charge on any atom is 0.305 e. The number of primary amides is 1. The van der Waals surface area contributed by atoms with Gasteiger partial charge in [-0.2, -0.15) is 0 Å². The summed E-state index contributed by atoms with van der Waals surface area (Å²) in [4.78, 5) is 27.8. The summed E-state index contributed by atoms with van der Waals surface area (Å²) in [5.41, 5.74) is 6.29. The number of carbonyl (C=O) groups excluding carboxylic acids is 1. The molecule has 0 saturated carbocycles. The topological polar surface area (TPSA) is 96.5 Å². The van der Waals surface area contributed by atoms with E-state index >= 15 is 0 Å². The quantitative estimate of drug-likeness (QED) is 0.779. The summed E-state index contributed by atoms with van der Waals surface area (Å²) < 4.78 is 0. The van der Waals surface area contributed by atoms with E-state index in [1.165, 1.54) is 0 Å². The average molecular weight is 251 g/mol. The van der Waals surface area contributed by atoms with E-state index in [4.69, 9.17) is 10.8 Å². The molecule has 1 rings (SSSR count).